The molecule has 0 aliphatic rings. The normalized spacial score (nSPS) is 10.0. The van der Waals surface area contributed by atoms with Crippen molar-refractivity contribution in [1.82, 2.24) is 20.4 Å². The second kappa shape index (κ2) is 11.4. The van der Waals surface area contributed by atoms with E-state index < -0.39 is 0 Å². The molecule has 0 rings (SSSR count). The van der Waals surface area contributed by atoms with Crippen molar-refractivity contribution in [3.05, 3.63) is 0 Å². The predicted octanol–water partition coefficient (Wildman–Crippen LogP) is 1.87. The molecule has 0 aromatic rings. The zero-order valence-corrected chi connectivity index (χ0v) is 13.4. The molecule has 0 radical (unpaired) electrons. The van der Waals surface area contributed by atoms with Gasteiger partial charge in [0, 0.05) is 40.3 Å². The number of carbonyl (C=O) groups excluding carboxylic acids is 2. The van der Waals surface area contributed by atoms with Gasteiger partial charge in [0.25, 0.3) is 0 Å². The summed E-state index contributed by atoms with van der Waals surface area (Å²) in [6.07, 6.45) is 4.09. The Kier molecular flexibility index (Phi) is 10.5. The highest BCUT2D eigenvalue weighted by Crippen LogP contribution is 1.91. The van der Waals surface area contributed by atoms with Crippen LogP contribution < -0.4 is 10.6 Å². The van der Waals surface area contributed by atoms with Crippen molar-refractivity contribution in [3.8, 4) is 0 Å². The van der Waals surface area contributed by atoms with E-state index in [2.05, 4.69) is 24.5 Å². The lowest BCUT2D eigenvalue weighted by molar-refractivity contribution is 0.191. The zero-order valence-electron chi connectivity index (χ0n) is 13.4. The molecule has 4 amide bonds. The van der Waals surface area contributed by atoms with Crippen molar-refractivity contribution in [3.63, 3.8) is 0 Å². The van der Waals surface area contributed by atoms with E-state index in [1.54, 1.807) is 23.9 Å². The summed E-state index contributed by atoms with van der Waals surface area (Å²) in [5, 5.41) is 5.69. The van der Waals surface area contributed by atoms with Gasteiger partial charge in [-0.3, -0.25) is 0 Å². The van der Waals surface area contributed by atoms with Crippen LogP contribution in [0.1, 0.15) is 39.5 Å². The first kappa shape index (κ1) is 18.5. The van der Waals surface area contributed by atoms with Gasteiger partial charge in [-0.1, -0.05) is 26.7 Å². The van der Waals surface area contributed by atoms with Crippen molar-refractivity contribution in [1.29, 1.82) is 0 Å². The van der Waals surface area contributed by atoms with Gasteiger partial charge in [0.15, 0.2) is 0 Å². The monoisotopic (exact) mass is 286 g/mol. The number of nitrogens with one attached hydrogen (secondary N) is 2. The molecule has 0 aromatic carbocycles. The molecule has 0 atom stereocenters. The van der Waals surface area contributed by atoms with Crippen LogP contribution in [0.4, 0.5) is 9.59 Å². The standard InChI is InChI=1S/C14H30N4O2/c1-5-7-9-15-13(19)17(3)11-12-18(4)14(20)16-10-8-6-2/h5-12H2,1-4H3,(H,15,19)(H,16,20). The molecule has 0 saturated carbocycles. The number of nitrogens with zero attached hydrogens (tertiary/aromatic N) is 2. The van der Waals surface area contributed by atoms with Crippen molar-refractivity contribution in [2.75, 3.05) is 40.3 Å². The Balaban J connectivity index is 3.83. The van der Waals surface area contributed by atoms with E-state index in [1.165, 1.54) is 0 Å². The topological polar surface area (TPSA) is 64.7 Å². The van der Waals surface area contributed by atoms with Gasteiger partial charge in [0.2, 0.25) is 0 Å². The van der Waals surface area contributed by atoms with E-state index in [9.17, 15) is 9.59 Å². The number of urea groups is 2. The largest absolute Gasteiger partial charge is 0.338 e. The van der Waals surface area contributed by atoms with Crippen molar-refractivity contribution in [2.45, 2.75) is 39.5 Å². The summed E-state index contributed by atoms with van der Waals surface area (Å²) in [5.74, 6) is 0. The van der Waals surface area contributed by atoms with Gasteiger partial charge in [0.05, 0.1) is 0 Å². The van der Waals surface area contributed by atoms with Crippen LogP contribution in [0.2, 0.25) is 0 Å². The van der Waals surface area contributed by atoms with Gasteiger partial charge >= 0.3 is 12.1 Å². The number of likely N-dealkylation sites (N-methyl/N-ethyl adjacent to an activating group) is 2. The number of hydrogen-bond donors (Lipinski definition) is 2. The Labute approximate surface area is 122 Å². The van der Waals surface area contributed by atoms with E-state index in [-0.39, 0.29) is 12.1 Å². The van der Waals surface area contributed by atoms with Crippen LogP contribution in [0.3, 0.4) is 0 Å². The molecule has 0 aliphatic carbocycles. The highest BCUT2D eigenvalue weighted by atomic mass is 16.2. The number of amides is 4. The van der Waals surface area contributed by atoms with Crippen LogP contribution in [-0.2, 0) is 0 Å². The van der Waals surface area contributed by atoms with E-state index in [0.717, 1.165) is 25.7 Å². The van der Waals surface area contributed by atoms with E-state index in [1.807, 2.05) is 0 Å². The summed E-state index contributed by atoms with van der Waals surface area (Å²) in [6.45, 7) is 6.62. The first-order valence-corrected chi connectivity index (χ1v) is 7.50. The van der Waals surface area contributed by atoms with Crippen LogP contribution in [-0.4, -0.2) is 62.1 Å². The van der Waals surface area contributed by atoms with Gasteiger partial charge in [-0.2, -0.15) is 0 Å². The molecule has 0 spiro atoms. The molecule has 0 fully saturated rings. The van der Waals surface area contributed by atoms with E-state index in [4.69, 9.17) is 0 Å². The maximum atomic E-state index is 11.7. The quantitative estimate of drug-likeness (QED) is 0.636. The Hall–Kier alpha value is -1.46. The average Bonchev–Trinajstić information content (AvgIpc) is 2.44. The molecule has 6 nitrogen and oxygen atoms in total. The summed E-state index contributed by atoms with van der Waals surface area (Å²) in [7, 11) is 3.48. The Bertz CT molecular complexity index is 256. The van der Waals surface area contributed by atoms with E-state index in [0.29, 0.717) is 26.2 Å². The summed E-state index contributed by atoms with van der Waals surface area (Å²) < 4.78 is 0. The Morgan fingerprint density at radius 1 is 0.800 bits per heavy atom. The summed E-state index contributed by atoms with van der Waals surface area (Å²) in [6, 6.07) is -0.170. The fourth-order valence-electron chi connectivity index (χ4n) is 1.52. The van der Waals surface area contributed by atoms with Crippen LogP contribution in [0, 0.1) is 0 Å². The van der Waals surface area contributed by atoms with Crippen LogP contribution >= 0.6 is 0 Å². The molecule has 0 aliphatic heterocycles. The van der Waals surface area contributed by atoms with Crippen molar-refractivity contribution < 1.29 is 9.59 Å². The molecular weight excluding hydrogens is 256 g/mol. The molecule has 2 N–H and O–H groups in total. The maximum Gasteiger partial charge on any atom is 0.317 e. The third kappa shape index (κ3) is 8.61. The smallest absolute Gasteiger partial charge is 0.317 e. The third-order valence-electron chi connectivity index (χ3n) is 3.08. The number of carbonyl (C=O) groups is 2. The SMILES string of the molecule is CCCCNC(=O)N(C)CCN(C)C(=O)NCCCC. The second-order valence-corrected chi connectivity index (χ2v) is 5.01. The molecule has 0 bridgehead atoms. The van der Waals surface area contributed by atoms with Crippen LogP contribution in [0.25, 0.3) is 0 Å². The van der Waals surface area contributed by atoms with Gasteiger partial charge in [-0.25, -0.2) is 9.59 Å². The van der Waals surface area contributed by atoms with Crippen molar-refractivity contribution >= 4 is 12.1 Å². The minimum absolute atomic E-state index is 0.0850. The van der Waals surface area contributed by atoms with Gasteiger partial charge in [0.1, 0.15) is 0 Å². The average molecular weight is 286 g/mol. The molecule has 0 heterocycles. The summed E-state index contributed by atoms with van der Waals surface area (Å²) in [5.41, 5.74) is 0. The number of unbranched alkanes of at least 4 members (excludes halogenated alkanes) is 2. The Morgan fingerprint density at radius 3 is 1.45 bits per heavy atom. The molecule has 6 heteroatoms. The number of rotatable bonds is 9. The molecule has 0 aromatic heterocycles. The molecule has 20 heavy (non-hydrogen) atoms. The minimum Gasteiger partial charge on any atom is -0.338 e. The van der Waals surface area contributed by atoms with Crippen LogP contribution in [0.5, 0.6) is 0 Å². The lowest BCUT2D eigenvalue weighted by Gasteiger charge is -2.23. The predicted molar refractivity (Wildman–Crippen MR) is 81.9 cm³/mol. The Morgan fingerprint density at radius 2 is 1.15 bits per heavy atom. The highest BCUT2D eigenvalue weighted by molar-refractivity contribution is 5.75. The molecule has 118 valence electrons. The molecule has 0 unspecified atom stereocenters. The van der Waals surface area contributed by atoms with E-state index >= 15 is 0 Å². The van der Waals surface area contributed by atoms with Crippen molar-refractivity contribution in [2.24, 2.45) is 0 Å². The third-order valence-corrected chi connectivity index (χ3v) is 3.08. The second-order valence-electron chi connectivity index (χ2n) is 5.01. The number of hydrogen-bond acceptors (Lipinski definition) is 2. The van der Waals surface area contributed by atoms with Gasteiger partial charge in [-0.15, -0.1) is 0 Å². The highest BCUT2D eigenvalue weighted by Gasteiger charge is 2.11. The summed E-state index contributed by atoms with van der Waals surface area (Å²) in [4.78, 5) is 26.6. The van der Waals surface area contributed by atoms with Gasteiger partial charge < -0.3 is 20.4 Å². The zero-order chi connectivity index (χ0) is 15.4. The fourth-order valence-corrected chi connectivity index (χ4v) is 1.52. The summed E-state index contributed by atoms with van der Waals surface area (Å²) >= 11 is 0. The molecule has 0 saturated heterocycles. The first-order chi connectivity index (χ1) is 9.52. The maximum absolute atomic E-state index is 11.7. The first-order valence-electron chi connectivity index (χ1n) is 7.50. The molecular formula is C14H30N4O2. The van der Waals surface area contributed by atoms with Gasteiger partial charge in [-0.05, 0) is 12.8 Å². The van der Waals surface area contributed by atoms with Crippen LogP contribution in [0.15, 0.2) is 0 Å². The lowest BCUT2D eigenvalue weighted by atomic mass is 10.3. The lowest BCUT2D eigenvalue weighted by Crippen LogP contribution is -2.44. The fraction of sp³-hybridized carbons (Fsp3) is 0.857. The minimum atomic E-state index is -0.0850.